The van der Waals surface area contributed by atoms with Gasteiger partial charge in [0.25, 0.3) is 0 Å². The summed E-state index contributed by atoms with van der Waals surface area (Å²) in [6.45, 7) is 4.25. The van der Waals surface area contributed by atoms with Crippen molar-refractivity contribution >= 4 is 43.4 Å². The maximum Gasteiger partial charge on any atom is 0.0788 e. The number of pyridine rings is 2. The van der Waals surface area contributed by atoms with E-state index in [1.807, 2.05) is 0 Å². The van der Waals surface area contributed by atoms with Crippen LogP contribution < -0.4 is 0 Å². The molecule has 2 heteroatoms. The highest BCUT2D eigenvalue weighted by Gasteiger charge is 2.11. The van der Waals surface area contributed by atoms with Gasteiger partial charge in [0.1, 0.15) is 0 Å². The van der Waals surface area contributed by atoms with Crippen LogP contribution in [-0.4, -0.2) is 9.97 Å². The monoisotopic (exact) mass is 688 g/mol. The molecule has 2 aromatic heterocycles. The van der Waals surface area contributed by atoms with E-state index in [1.165, 1.54) is 54.9 Å². The first-order chi connectivity index (χ1) is 26.5. The van der Waals surface area contributed by atoms with Crippen LogP contribution in [0.1, 0.15) is 11.1 Å². The molecule has 2 heterocycles. The Hall–Kier alpha value is -6.90. The van der Waals surface area contributed by atoms with E-state index >= 15 is 0 Å². The number of benzene rings is 8. The van der Waals surface area contributed by atoms with Crippen LogP contribution >= 0.6 is 0 Å². The summed E-state index contributed by atoms with van der Waals surface area (Å²) in [4.78, 5) is 10.6. The van der Waals surface area contributed by atoms with Crippen molar-refractivity contribution in [1.82, 2.24) is 9.97 Å². The lowest BCUT2D eigenvalue weighted by Gasteiger charge is -2.11. The molecule has 54 heavy (non-hydrogen) atoms. The first kappa shape index (κ1) is 31.8. The van der Waals surface area contributed by atoms with Gasteiger partial charge in [0.2, 0.25) is 0 Å². The molecule has 0 amide bonds. The van der Waals surface area contributed by atoms with E-state index in [9.17, 15) is 0 Å². The van der Waals surface area contributed by atoms with E-state index < -0.39 is 0 Å². The molecule has 2 nitrogen and oxygen atoms in total. The molecule has 0 bridgehead atoms. The van der Waals surface area contributed by atoms with Crippen LogP contribution in [0.3, 0.4) is 0 Å². The third-order valence-electron chi connectivity index (χ3n) is 10.8. The molecule has 0 aliphatic rings. The maximum atomic E-state index is 5.30. The Kier molecular flexibility index (Phi) is 7.63. The fraction of sp³-hybridized carbons (Fsp3) is 0.0385. The second kappa shape index (κ2) is 12.9. The highest BCUT2D eigenvalue weighted by Crippen LogP contribution is 2.35. The molecule has 0 spiro atoms. The third kappa shape index (κ3) is 5.79. The molecule has 10 rings (SSSR count). The molecule has 10 aromatic rings. The second-order valence-electron chi connectivity index (χ2n) is 14.4. The van der Waals surface area contributed by atoms with Crippen LogP contribution in [0.25, 0.3) is 99.2 Å². The van der Waals surface area contributed by atoms with Crippen molar-refractivity contribution in [1.29, 1.82) is 0 Å². The van der Waals surface area contributed by atoms with Gasteiger partial charge in [-0.05, 0) is 94.4 Å². The Morgan fingerprint density at radius 1 is 0.278 bits per heavy atom. The minimum atomic E-state index is 0.960. The van der Waals surface area contributed by atoms with E-state index in [-0.39, 0.29) is 0 Å². The van der Waals surface area contributed by atoms with E-state index in [2.05, 4.69) is 196 Å². The molecule has 0 N–H and O–H groups in total. The van der Waals surface area contributed by atoms with E-state index in [1.54, 1.807) is 0 Å². The van der Waals surface area contributed by atoms with Crippen LogP contribution in [0.4, 0.5) is 0 Å². The largest absolute Gasteiger partial charge is 0.247 e. The summed E-state index contributed by atoms with van der Waals surface area (Å²) in [6.07, 6.45) is 0. The van der Waals surface area contributed by atoms with Crippen molar-refractivity contribution < 1.29 is 0 Å². The normalized spacial score (nSPS) is 11.5. The lowest BCUT2D eigenvalue weighted by Crippen LogP contribution is -1.90. The molecule has 0 fully saturated rings. The number of aryl methyl sites for hydroxylation is 2. The van der Waals surface area contributed by atoms with Gasteiger partial charge >= 0.3 is 0 Å². The molecular weight excluding hydrogens is 653 g/mol. The van der Waals surface area contributed by atoms with Gasteiger partial charge in [0, 0.05) is 32.7 Å². The molecule has 0 unspecified atom stereocenters. The standard InChI is InChI=1S/C52H36N2/c1-33-9-13-35(14-10-33)43-23-19-37-17-21-39-25-27-49(53-51(39)47(37)31-43)45-7-3-5-41(29-45)42-6-4-8-46(30-42)50-28-26-40-22-18-38-20-24-44(32-48(38)52(40)54-50)36-15-11-34(2)12-16-36/h3-32H,1-2H3. The van der Waals surface area contributed by atoms with Gasteiger partial charge in [-0.25, -0.2) is 9.97 Å². The van der Waals surface area contributed by atoms with Crippen LogP contribution in [0.5, 0.6) is 0 Å². The molecule has 0 atom stereocenters. The average molecular weight is 689 g/mol. The quantitative estimate of drug-likeness (QED) is 0.168. The highest BCUT2D eigenvalue weighted by atomic mass is 14.7. The fourth-order valence-electron chi connectivity index (χ4n) is 7.70. The third-order valence-corrected chi connectivity index (χ3v) is 10.8. The average Bonchev–Trinajstić information content (AvgIpc) is 3.23. The molecule has 254 valence electrons. The summed E-state index contributed by atoms with van der Waals surface area (Å²) in [5.41, 5.74) is 15.8. The number of rotatable bonds is 5. The lowest BCUT2D eigenvalue weighted by atomic mass is 9.97. The number of hydrogen-bond acceptors (Lipinski definition) is 2. The van der Waals surface area contributed by atoms with Crippen molar-refractivity contribution in [3.05, 3.63) is 193 Å². The fourth-order valence-corrected chi connectivity index (χ4v) is 7.70. The summed E-state index contributed by atoms with van der Waals surface area (Å²) in [7, 11) is 0. The van der Waals surface area contributed by atoms with Gasteiger partial charge in [-0.2, -0.15) is 0 Å². The van der Waals surface area contributed by atoms with Gasteiger partial charge in [-0.15, -0.1) is 0 Å². The predicted molar refractivity (Wildman–Crippen MR) is 229 cm³/mol. The lowest BCUT2D eigenvalue weighted by molar-refractivity contribution is 1.40. The molecule has 0 saturated heterocycles. The highest BCUT2D eigenvalue weighted by molar-refractivity contribution is 6.08. The zero-order valence-corrected chi connectivity index (χ0v) is 30.2. The van der Waals surface area contributed by atoms with E-state index in [4.69, 9.17) is 9.97 Å². The predicted octanol–water partition coefficient (Wildman–Crippen LogP) is 14.0. The Balaban J connectivity index is 1.01. The zero-order chi connectivity index (χ0) is 36.2. The zero-order valence-electron chi connectivity index (χ0n) is 30.2. The Labute approximate surface area is 315 Å². The van der Waals surface area contributed by atoms with Crippen molar-refractivity contribution in [3.63, 3.8) is 0 Å². The number of aromatic nitrogens is 2. The second-order valence-corrected chi connectivity index (χ2v) is 14.4. The van der Waals surface area contributed by atoms with Crippen LogP contribution in [-0.2, 0) is 0 Å². The van der Waals surface area contributed by atoms with Crippen LogP contribution in [0.15, 0.2) is 182 Å². The van der Waals surface area contributed by atoms with E-state index in [0.29, 0.717) is 0 Å². The van der Waals surface area contributed by atoms with E-state index in [0.717, 1.165) is 55.4 Å². The molecule has 0 radical (unpaired) electrons. The van der Waals surface area contributed by atoms with Crippen molar-refractivity contribution in [2.24, 2.45) is 0 Å². The molecule has 0 aliphatic carbocycles. The number of fused-ring (bicyclic) bond motifs is 6. The molecule has 0 aliphatic heterocycles. The smallest absolute Gasteiger partial charge is 0.0788 e. The summed E-state index contributed by atoms with van der Waals surface area (Å²) in [5.74, 6) is 0. The maximum absolute atomic E-state index is 5.30. The van der Waals surface area contributed by atoms with Crippen LogP contribution in [0.2, 0.25) is 0 Å². The summed E-state index contributed by atoms with van der Waals surface area (Å²) >= 11 is 0. The molecule has 8 aromatic carbocycles. The SMILES string of the molecule is Cc1ccc(-c2ccc3ccc4ccc(-c5cccc(-c6cccc(-c7ccc8ccc9ccc(-c%10ccc(C)cc%10)cc9c8n7)c6)c5)nc4c3c2)cc1. The Morgan fingerprint density at radius 2 is 0.611 bits per heavy atom. The summed E-state index contributed by atoms with van der Waals surface area (Å²) < 4.78 is 0. The summed E-state index contributed by atoms with van der Waals surface area (Å²) in [5, 5.41) is 6.99. The van der Waals surface area contributed by atoms with Gasteiger partial charge in [0.05, 0.1) is 22.4 Å². The summed E-state index contributed by atoms with van der Waals surface area (Å²) in [6, 6.07) is 65.7. The minimum absolute atomic E-state index is 0.960. The first-order valence-corrected chi connectivity index (χ1v) is 18.5. The number of nitrogens with zero attached hydrogens (tertiary/aromatic N) is 2. The van der Waals surface area contributed by atoms with Crippen molar-refractivity contribution in [2.75, 3.05) is 0 Å². The Bertz CT molecular complexity index is 2840. The number of hydrogen-bond donors (Lipinski definition) is 0. The van der Waals surface area contributed by atoms with Crippen LogP contribution in [0, 0.1) is 13.8 Å². The van der Waals surface area contributed by atoms with Crippen molar-refractivity contribution in [2.45, 2.75) is 13.8 Å². The van der Waals surface area contributed by atoms with Gasteiger partial charge in [-0.3, -0.25) is 0 Å². The van der Waals surface area contributed by atoms with Gasteiger partial charge in [0.15, 0.2) is 0 Å². The Morgan fingerprint density at radius 3 is 1.06 bits per heavy atom. The van der Waals surface area contributed by atoms with Crippen molar-refractivity contribution in [3.8, 4) is 55.9 Å². The topological polar surface area (TPSA) is 25.8 Å². The first-order valence-electron chi connectivity index (χ1n) is 18.5. The van der Waals surface area contributed by atoms with Gasteiger partial charge < -0.3 is 0 Å². The molecule has 0 saturated carbocycles. The minimum Gasteiger partial charge on any atom is -0.247 e. The molecular formula is C52H36N2. The van der Waals surface area contributed by atoms with Gasteiger partial charge in [-0.1, -0.05) is 157 Å².